The van der Waals surface area contributed by atoms with Crippen molar-refractivity contribution in [2.45, 2.75) is 375 Å². The molecular formula is C72H131NO18. The number of unbranched alkanes of at least 4 members (excludes halogenated alkanes) is 34. The van der Waals surface area contributed by atoms with Crippen LogP contribution in [0.4, 0.5) is 0 Å². The number of aliphatic hydroxyl groups is 11. The van der Waals surface area contributed by atoms with E-state index in [0.29, 0.717) is 6.42 Å². The van der Waals surface area contributed by atoms with Gasteiger partial charge in [0, 0.05) is 6.42 Å². The number of amides is 1. The van der Waals surface area contributed by atoms with Crippen molar-refractivity contribution >= 4 is 5.91 Å². The molecule has 0 saturated carbocycles. The summed E-state index contributed by atoms with van der Waals surface area (Å²) in [5, 5.41) is 121. The fourth-order valence-corrected chi connectivity index (χ4v) is 12.3. The Morgan fingerprint density at radius 2 is 0.758 bits per heavy atom. The van der Waals surface area contributed by atoms with Crippen LogP contribution in [0.2, 0.25) is 0 Å². The van der Waals surface area contributed by atoms with Gasteiger partial charge in [0.1, 0.15) is 73.2 Å². The summed E-state index contributed by atoms with van der Waals surface area (Å²) in [7, 11) is 0. The second-order valence-corrected chi connectivity index (χ2v) is 26.0. The lowest BCUT2D eigenvalue weighted by Crippen LogP contribution is -2.66. The summed E-state index contributed by atoms with van der Waals surface area (Å²) < 4.78 is 34.4. The molecule has 1 amide bonds. The Hall–Kier alpha value is -2.25. The van der Waals surface area contributed by atoms with Crippen molar-refractivity contribution in [3.63, 3.8) is 0 Å². The molecule has 0 spiro atoms. The molecule has 3 heterocycles. The van der Waals surface area contributed by atoms with E-state index in [4.69, 9.17) is 28.4 Å². The first-order chi connectivity index (χ1) is 44.3. The first kappa shape index (κ1) is 83.0. The number of ether oxygens (including phenoxy) is 6. The number of allylic oxidation sites excluding steroid dienone is 7. The van der Waals surface area contributed by atoms with Crippen molar-refractivity contribution < 1.29 is 89.4 Å². The summed E-state index contributed by atoms with van der Waals surface area (Å²) >= 11 is 0. The van der Waals surface area contributed by atoms with Gasteiger partial charge in [0.2, 0.25) is 5.91 Å². The Kier molecular flexibility index (Phi) is 49.1. The van der Waals surface area contributed by atoms with Crippen molar-refractivity contribution in [3.8, 4) is 0 Å². The minimum absolute atomic E-state index is 0.231. The molecule has 3 saturated heterocycles. The number of rotatable bonds is 56. The van der Waals surface area contributed by atoms with Crippen LogP contribution < -0.4 is 5.32 Å². The van der Waals surface area contributed by atoms with Crippen LogP contribution >= 0.6 is 0 Å². The van der Waals surface area contributed by atoms with Crippen molar-refractivity contribution in [1.29, 1.82) is 0 Å². The molecule has 17 unspecified atom stereocenters. The van der Waals surface area contributed by atoms with Gasteiger partial charge >= 0.3 is 0 Å². The lowest BCUT2D eigenvalue weighted by atomic mass is 9.96. The zero-order valence-electron chi connectivity index (χ0n) is 56.3. The molecule has 0 bridgehead atoms. The van der Waals surface area contributed by atoms with Crippen LogP contribution in [0.15, 0.2) is 48.6 Å². The van der Waals surface area contributed by atoms with Gasteiger partial charge in [-0.15, -0.1) is 0 Å². The van der Waals surface area contributed by atoms with E-state index < -0.39 is 124 Å². The SMILES string of the molecule is CC/C=C\C/C=C\C/C=C\CCCCCCCCCC(=O)NC(COC1OC(CO)C(OC2OC(CO)C(OC3OC(CO)C(O)C(O)C3O)C(O)C2O)C(O)C1O)C(O)/C=C/CCCCCCCCCCCCCCCCCCCCCCCCCCCCC. The monoisotopic (exact) mass is 1300 g/mol. The van der Waals surface area contributed by atoms with E-state index in [-0.39, 0.29) is 18.9 Å². The highest BCUT2D eigenvalue weighted by Crippen LogP contribution is 2.33. The molecule has 3 rings (SSSR count). The quantitative estimate of drug-likeness (QED) is 0.0199. The standard InChI is InChI=1S/C72H131NO18/c1-3-5-7-9-11-13-15-17-19-21-22-23-24-25-26-27-28-29-30-31-32-34-35-37-39-41-43-45-47-49-56(77)55(73-60(78)50-48-46-44-42-40-38-36-33-20-18-16-14-12-10-8-6-4-2)54-86-70-66(84)63(81)68(58(52-75)88-70)91-72-67(85)64(82)69(59(53-76)89-72)90-71-65(83)62(80)61(79)57(51-74)87-71/h6,8,12,14,18,20,47,49,55-59,61-72,74-77,79-85H,3-5,7,9-11,13,15-17,19,21-46,48,50-54H2,1-2H3,(H,73,78)/b8-6-,14-12-,20-18-,49-47+. The number of hydrogen-bond donors (Lipinski definition) is 12. The van der Waals surface area contributed by atoms with Crippen LogP contribution in [0.25, 0.3) is 0 Å². The van der Waals surface area contributed by atoms with Crippen molar-refractivity contribution in [3.05, 3.63) is 48.6 Å². The zero-order valence-corrected chi connectivity index (χ0v) is 56.3. The lowest BCUT2D eigenvalue weighted by molar-refractivity contribution is -0.379. The molecule has 0 aromatic carbocycles. The average molecular weight is 1300 g/mol. The Morgan fingerprint density at radius 1 is 0.407 bits per heavy atom. The lowest BCUT2D eigenvalue weighted by Gasteiger charge is -2.48. The first-order valence-corrected chi connectivity index (χ1v) is 36.4. The molecule has 3 aliphatic heterocycles. The molecule has 0 aromatic heterocycles. The van der Waals surface area contributed by atoms with Crippen LogP contribution in [0.1, 0.15) is 271 Å². The van der Waals surface area contributed by atoms with Gasteiger partial charge in [0.15, 0.2) is 18.9 Å². The van der Waals surface area contributed by atoms with Gasteiger partial charge in [-0.2, -0.15) is 0 Å². The molecule has 0 radical (unpaired) electrons. The second kappa shape index (κ2) is 53.8. The van der Waals surface area contributed by atoms with E-state index in [1.807, 2.05) is 6.08 Å². The summed E-state index contributed by atoms with van der Waals surface area (Å²) in [6, 6.07) is -0.981. The maximum absolute atomic E-state index is 13.4. The van der Waals surface area contributed by atoms with Crippen LogP contribution in [0.5, 0.6) is 0 Å². The highest BCUT2D eigenvalue weighted by Gasteiger charge is 2.53. The average Bonchev–Trinajstić information content (AvgIpc) is 0.885. The largest absolute Gasteiger partial charge is 0.394 e. The first-order valence-electron chi connectivity index (χ1n) is 36.4. The van der Waals surface area contributed by atoms with Gasteiger partial charge < -0.3 is 89.9 Å². The number of nitrogens with one attached hydrogen (secondary N) is 1. The molecule has 0 aromatic rings. The Labute approximate surface area is 548 Å². The number of carbonyl (C=O) groups is 1. The third-order valence-electron chi connectivity index (χ3n) is 18.1. The van der Waals surface area contributed by atoms with Crippen molar-refractivity contribution in [2.24, 2.45) is 0 Å². The van der Waals surface area contributed by atoms with Crippen molar-refractivity contribution in [2.75, 3.05) is 26.4 Å². The summed E-state index contributed by atoms with van der Waals surface area (Å²) in [4.78, 5) is 13.4. The second-order valence-electron chi connectivity index (χ2n) is 26.0. The predicted octanol–water partition coefficient (Wildman–Crippen LogP) is 10.2. The van der Waals surface area contributed by atoms with Gasteiger partial charge in [0.05, 0.1) is 38.6 Å². The molecule has 91 heavy (non-hydrogen) atoms. The van der Waals surface area contributed by atoms with E-state index in [9.17, 15) is 61.0 Å². The summed E-state index contributed by atoms with van der Waals surface area (Å²) in [6.07, 6.45) is 38.1. The topological polar surface area (TPSA) is 307 Å². The zero-order chi connectivity index (χ0) is 66.1. The minimum Gasteiger partial charge on any atom is -0.394 e. The van der Waals surface area contributed by atoms with Crippen LogP contribution in [-0.2, 0) is 33.2 Å². The maximum Gasteiger partial charge on any atom is 0.220 e. The van der Waals surface area contributed by atoms with Crippen LogP contribution in [0.3, 0.4) is 0 Å². The number of carbonyl (C=O) groups excluding carboxylic acids is 1. The van der Waals surface area contributed by atoms with E-state index in [1.165, 1.54) is 154 Å². The predicted molar refractivity (Wildman–Crippen MR) is 356 cm³/mol. The number of hydrogen-bond acceptors (Lipinski definition) is 18. The Bertz CT molecular complexity index is 1840. The van der Waals surface area contributed by atoms with Gasteiger partial charge in [-0.3, -0.25) is 4.79 Å². The molecule has 532 valence electrons. The van der Waals surface area contributed by atoms with Crippen LogP contribution in [0, 0.1) is 0 Å². The highest BCUT2D eigenvalue weighted by molar-refractivity contribution is 5.76. The Morgan fingerprint density at radius 3 is 1.19 bits per heavy atom. The minimum atomic E-state index is -1.98. The van der Waals surface area contributed by atoms with Gasteiger partial charge in [-0.1, -0.05) is 262 Å². The van der Waals surface area contributed by atoms with E-state index in [0.717, 1.165) is 89.9 Å². The van der Waals surface area contributed by atoms with Gasteiger partial charge in [0.25, 0.3) is 0 Å². The summed E-state index contributed by atoms with van der Waals surface area (Å²) in [5.74, 6) is -0.284. The molecule has 19 nitrogen and oxygen atoms in total. The smallest absolute Gasteiger partial charge is 0.220 e. The molecule has 0 aliphatic carbocycles. The highest BCUT2D eigenvalue weighted by atomic mass is 16.8. The van der Waals surface area contributed by atoms with Crippen molar-refractivity contribution in [1.82, 2.24) is 5.32 Å². The van der Waals surface area contributed by atoms with E-state index in [2.05, 4.69) is 55.6 Å². The summed E-state index contributed by atoms with van der Waals surface area (Å²) in [6.45, 7) is 1.64. The number of aliphatic hydroxyl groups excluding tert-OH is 11. The Balaban J connectivity index is 1.41. The van der Waals surface area contributed by atoms with E-state index >= 15 is 0 Å². The molecule has 3 aliphatic rings. The molecule has 3 fully saturated rings. The normalized spacial score (nSPS) is 28.1. The maximum atomic E-state index is 13.4. The van der Waals surface area contributed by atoms with E-state index in [1.54, 1.807) is 6.08 Å². The summed E-state index contributed by atoms with van der Waals surface area (Å²) in [5.41, 5.74) is 0. The fourth-order valence-electron chi connectivity index (χ4n) is 12.3. The third-order valence-corrected chi connectivity index (χ3v) is 18.1. The molecule has 12 N–H and O–H groups in total. The molecule has 17 atom stereocenters. The molecular weight excluding hydrogens is 1170 g/mol. The molecule has 19 heteroatoms. The third kappa shape index (κ3) is 35.5. The van der Waals surface area contributed by atoms with Gasteiger partial charge in [-0.25, -0.2) is 0 Å². The fraction of sp³-hybridized carbons (Fsp3) is 0.875. The van der Waals surface area contributed by atoms with Crippen LogP contribution in [-0.4, -0.2) is 193 Å². The van der Waals surface area contributed by atoms with Gasteiger partial charge in [-0.05, 0) is 51.4 Å².